The van der Waals surface area contributed by atoms with Gasteiger partial charge in [-0.2, -0.15) is 13.2 Å². The van der Waals surface area contributed by atoms with Crippen LogP contribution in [-0.4, -0.2) is 81.7 Å². The Morgan fingerprint density at radius 3 is 1.75 bits per heavy atom. The number of ether oxygens (including phenoxy) is 4. The summed E-state index contributed by atoms with van der Waals surface area (Å²) in [5.41, 5.74) is -2.25. The number of esters is 4. The number of imidazole rings is 1. The van der Waals surface area contributed by atoms with E-state index in [9.17, 15) is 55.2 Å². The number of aromatic hydroxyl groups is 1. The molecule has 103 heavy (non-hydrogen) atoms. The highest BCUT2D eigenvalue weighted by molar-refractivity contribution is 14.1. The van der Waals surface area contributed by atoms with Crippen molar-refractivity contribution in [2.45, 2.75) is 215 Å². The lowest BCUT2D eigenvalue weighted by Gasteiger charge is -2.60. The number of aryl methyl sites for hydroxylation is 1. The number of carboxylic acids is 1. The van der Waals surface area contributed by atoms with Crippen LogP contribution in [0.4, 0.5) is 13.2 Å². The van der Waals surface area contributed by atoms with Crippen molar-refractivity contribution in [1.82, 2.24) is 4.57 Å². The number of hydrogen-bond donors (Lipinski definition) is 1. The fourth-order valence-corrected chi connectivity index (χ4v) is 19.9. The summed E-state index contributed by atoms with van der Waals surface area (Å²) in [5, 5.41) is 22.1. The van der Waals surface area contributed by atoms with E-state index in [1.54, 1.807) is 19.9 Å². The van der Waals surface area contributed by atoms with Gasteiger partial charge in [0.05, 0.1) is 57.8 Å². The molecule has 5 aromatic carbocycles. The maximum atomic E-state index is 13.3. The largest absolute Gasteiger partial charge is 0.748 e. The molecule has 5 aliphatic carbocycles. The van der Waals surface area contributed by atoms with Gasteiger partial charge in [0.1, 0.15) is 29.3 Å². The molecule has 5 saturated carbocycles. The molecule has 1 N–H and O–H groups in total. The van der Waals surface area contributed by atoms with Crippen LogP contribution in [0.3, 0.4) is 0 Å². The van der Waals surface area contributed by atoms with Crippen LogP contribution in [-0.2, 0) is 54.8 Å². The number of phenols is 1. The number of carboxylic acid groups (broad SMARTS) is 1. The minimum atomic E-state index is -5.27. The van der Waals surface area contributed by atoms with Gasteiger partial charge in [-0.05, 0) is 290 Å². The van der Waals surface area contributed by atoms with E-state index >= 15 is 0 Å². The number of carbonyl (C=O) groups excluding carboxylic acids is 5. The molecule has 0 saturated heterocycles. The van der Waals surface area contributed by atoms with Crippen LogP contribution < -0.4 is 14.4 Å². The Balaban J connectivity index is 0.000000203. The van der Waals surface area contributed by atoms with E-state index in [1.807, 2.05) is 103 Å². The fraction of sp³-hybridized carbons (Fsp3) is 0.494. The third-order valence-corrected chi connectivity index (χ3v) is 25.1. The second-order valence-corrected chi connectivity index (χ2v) is 35.7. The molecule has 4 bridgehead atoms. The first-order valence-corrected chi connectivity index (χ1v) is 41.1. The number of nitrogens with zero attached hydrogens (tertiary/aromatic N) is 2. The molecule has 0 radical (unpaired) electrons. The van der Waals surface area contributed by atoms with Gasteiger partial charge in [-0.1, -0.05) is 89.2 Å². The zero-order valence-corrected chi connectivity index (χ0v) is 68.9. The van der Waals surface area contributed by atoms with Crippen LogP contribution in [0, 0.1) is 38.8 Å². The standard InChI is InChI=1S/C20H29F3O7S.C18H13S.C12H22O2.C10H5I3O4.C10H14O.C9H17N2/c1-4-17(2,3)15(24)30-19-8-12-5-13(9-19)7-18(6-12,11-19)16(25)29-14(20(21,22)23)10-31(26,27)28;1-2-8-14(9-3-1)19-17-12-6-4-10-15(17)16-11-5-7-13-18(16)19;1-5-11(2,3)10(13)14-12(4)8-6-7-9-12;11-5-3-6(12)10(7(13)4-5)17-9(16)2-1-8(14)15;1-3-8(2)9-5-4-6-10(11)7-9;1-4-9(3)11-7-6-10(5-2)8-11/h12-14H,4-11H2,1-3H3,(H,26,27,28);1-13H;5-9H2,1-4H3;1-4H,(H,14,15);4-8,11H,3H2,1-2H3;6-9H,4-5H2,1-3H3/q;+1;;;;+1/p-2/b;;;2-1+;;. The minimum Gasteiger partial charge on any atom is -0.748 e. The number of thiophene rings is 1. The van der Waals surface area contributed by atoms with Crippen molar-refractivity contribution in [2.24, 2.45) is 28.1 Å². The van der Waals surface area contributed by atoms with E-state index in [2.05, 4.69) is 176 Å². The van der Waals surface area contributed by atoms with Gasteiger partial charge in [0, 0.05) is 37.3 Å². The highest BCUT2D eigenvalue weighted by atomic mass is 127. The highest BCUT2D eigenvalue weighted by Crippen LogP contribution is 2.64. The van der Waals surface area contributed by atoms with Gasteiger partial charge >= 0.3 is 30.1 Å². The Kier molecular flexibility index (Phi) is 31.6. The molecule has 12 rings (SSSR count). The molecule has 5 aliphatic rings. The van der Waals surface area contributed by atoms with Crippen molar-refractivity contribution in [3.63, 3.8) is 0 Å². The van der Waals surface area contributed by atoms with E-state index in [0.29, 0.717) is 61.6 Å². The van der Waals surface area contributed by atoms with Gasteiger partial charge in [-0.3, -0.25) is 14.4 Å². The SMILES string of the molecule is CCC(C)(C)C(=O)OC1(C)CCCC1.CCC(C)(C)C(=O)OC12CC3CC(C1)CC(C(=O)OC(CS(=O)(=O)[O-])C(F)(F)F)(C3)C2.CCC(C)c1cccc(O)c1.CCC(C)n1cc[n+](CC)c1.O=C([O-])/C=C/C(=O)Oc1c(I)cc(I)cc1I.c1ccc(-[s+]2c3ccccc3c3ccccc32)cc1. The number of rotatable bonds is 19. The maximum absolute atomic E-state index is 13.3. The van der Waals surface area contributed by atoms with Gasteiger partial charge in [0.15, 0.2) is 20.0 Å². The number of carbonyl (C=O) groups is 5. The summed E-state index contributed by atoms with van der Waals surface area (Å²) in [6.45, 7) is 25.3. The third-order valence-electron chi connectivity index (χ3n) is 19.8. The molecular weight excluding hydrogens is 1700 g/mol. The molecule has 2 aromatic heterocycles. The van der Waals surface area contributed by atoms with Crippen LogP contribution in [0.5, 0.6) is 11.5 Å². The predicted octanol–water partition coefficient (Wildman–Crippen LogP) is 18.7. The van der Waals surface area contributed by atoms with Gasteiger partial charge in [-0.25, -0.2) is 22.3 Å². The Morgan fingerprint density at radius 2 is 1.27 bits per heavy atom. The van der Waals surface area contributed by atoms with Crippen molar-refractivity contribution in [3.05, 3.63) is 162 Å². The molecule has 0 spiro atoms. The smallest absolute Gasteiger partial charge is 0.426 e. The first-order valence-electron chi connectivity index (χ1n) is 35.0. The molecule has 562 valence electrons. The summed E-state index contributed by atoms with van der Waals surface area (Å²) in [5.74, 6) is -4.32. The molecule has 24 heteroatoms. The second-order valence-electron chi connectivity index (χ2n) is 28.7. The molecule has 0 amide bonds. The number of aromatic nitrogens is 2. The molecule has 5 fully saturated rings. The van der Waals surface area contributed by atoms with E-state index in [1.165, 1.54) is 49.9 Å². The number of benzene rings is 5. The normalized spacial score (nSPS) is 19.6. The molecule has 7 aromatic rings. The third kappa shape index (κ3) is 24.7. The monoisotopic (exact) mass is 1800 g/mol. The summed E-state index contributed by atoms with van der Waals surface area (Å²) in [6, 6.07) is 40.2. The summed E-state index contributed by atoms with van der Waals surface area (Å²) in [7, 11) is -5.21. The van der Waals surface area contributed by atoms with Crippen LogP contribution in [0.1, 0.15) is 190 Å². The van der Waals surface area contributed by atoms with E-state index in [4.69, 9.17) is 19.3 Å². The summed E-state index contributed by atoms with van der Waals surface area (Å²) in [4.78, 5) is 60.4. The second kappa shape index (κ2) is 37.7. The van der Waals surface area contributed by atoms with Crippen molar-refractivity contribution in [1.29, 1.82) is 0 Å². The Hall–Kier alpha value is -5.69. The first-order chi connectivity index (χ1) is 48.2. The van der Waals surface area contributed by atoms with Crippen LogP contribution >= 0.6 is 78.2 Å². The number of halogens is 6. The van der Waals surface area contributed by atoms with Gasteiger partial charge in [0.25, 0.3) is 0 Å². The lowest BCUT2D eigenvalue weighted by Crippen LogP contribution is -2.61. The quantitative estimate of drug-likeness (QED) is 0.0116. The van der Waals surface area contributed by atoms with Crippen molar-refractivity contribution < 1.29 is 83.8 Å². The summed E-state index contributed by atoms with van der Waals surface area (Å²) in [6.07, 6.45) is 10.3. The van der Waals surface area contributed by atoms with Crippen LogP contribution in [0.2, 0.25) is 0 Å². The van der Waals surface area contributed by atoms with E-state index in [0.717, 1.165) is 55.4 Å². The summed E-state index contributed by atoms with van der Waals surface area (Å²) >= 11 is 6.25. The topological polar surface area (TPSA) is 232 Å². The van der Waals surface area contributed by atoms with Crippen molar-refractivity contribution in [3.8, 4) is 16.4 Å². The van der Waals surface area contributed by atoms with Gasteiger partial charge in [0.2, 0.25) is 12.4 Å². The minimum absolute atomic E-state index is 0.00100. The summed E-state index contributed by atoms with van der Waals surface area (Å²) < 4.78 is 104. The number of hydrogen-bond acceptors (Lipinski definition) is 14. The van der Waals surface area contributed by atoms with Gasteiger partial charge < -0.3 is 38.5 Å². The van der Waals surface area contributed by atoms with Gasteiger partial charge in [-0.15, -0.1) is 0 Å². The molecule has 5 atom stereocenters. The van der Waals surface area contributed by atoms with E-state index in [-0.39, 0.29) is 45.7 Å². The molecule has 16 nitrogen and oxygen atoms in total. The highest BCUT2D eigenvalue weighted by Gasteiger charge is 2.64. The fourth-order valence-electron chi connectivity index (χ4n) is 13.1. The zero-order valence-electron chi connectivity index (χ0n) is 60.8. The lowest BCUT2D eigenvalue weighted by atomic mass is 9.48. The number of fused-ring (bicyclic) bond motifs is 3. The lowest BCUT2D eigenvalue weighted by molar-refractivity contribution is -0.693. The maximum Gasteiger partial charge on any atom is 0.426 e. The first kappa shape index (κ1) is 86.2. The number of phenolic OH excluding ortho intramolecular Hbond substituents is 1. The average Bonchev–Trinajstić information content (AvgIpc) is 1.49. The Morgan fingerprint density at radius 1 is 0.738 bits per heavy atom. The van der Waals surface area contributed by atoms with Crippen LogP contribution in [0.15, 0.2) is 146 Å². The zero-order chi connectivity index (χ0) is 76.5. The molecule has 0 aliphatic heterocycles. The molecular formula is C79H98F3I3N2O14S2. The van der Waals surface area contributed by atoms with Crippen molar-refractivity contribution in [2.75, 3.05) is 5.75 Å². The van der Waals surface area contributed by atoms with E-state index < -0.39 is 68.5 Å². The Labute approximate surface area is 648 Å². The molecule has 2 heterocycles. The van der Waals surface area contributed by atoms with Crippen LogP contribution in [0.25, 0.3) is 25.1 Å². The number of aliphatic carboxylic acids is 1. The molecule has 5 unspecified atom stereocenters. The number of alkyl halides is 3. The Bertz CT molecular complexity index is 4080. The van der Waals surface area contributed by atoms with Crippen molar-refractivity contribution >= 4 is 138 Å². The average molecular weight is 1800 g/mol. The predicted molar refractivity (Wildman–Crippen MR) is 419 cm³/mol.